The van der Waals surface area contributed by atoms with Gasteiger partial charge in [-0.1, -0.05) is 17.7 Å². The number of Topliss-reactive ketones (excluding diaryl/α,β-unsaturated/α-hetero) is 1. The van der Waals surface area contributed by atoms with Crippen molar-refractivity contribution in [1.82, 2.24) is 9.88 Å². The van der Waals surface area contributed by atoms with Crippen LogP contribution >= 0.6 is 11.6 Å². The molecule has 30 heavy (non-hydrogen) atoms. The topological polar surface area (TPSA) is 84.2 Å². The number of benzene rings is 1. The largest absolute Gasteiger partial charge is 0.507 e. The Labute approximate surface area is 179 Å². The SMILES string of the molecule is O=C1C(=O)N(CC[NH+]2CCOCC2)[C@H](c2cccnc2)C1=C(O)c1ccc(Cl)cc1. The first-order chi connectivity index (χ1) is 14.6. The molecule has 1 amide bonds. The van der Waals surface area contributed by atoms with Crippen molar-refractivity contribution < 1.29 is 24.3 Å². The summed E-state index contributed by atoms with van der Waals surface area (Å²) in [4.78, 5) is 32.9. The average Bonchev–Trinajstić information content (AvgIpc) is 3.04. The molecular weight excluding hydrogens is 406 g/mol. The maximum atomic E-state index is 12.9. The summed E-state index contributed by atoms with van der Waals surface area (Å²) in [6.07, 6.45) is 3.26. The zero-order valence-corrected chi connectivity index (χ0v) is 17.1. The molecule has 4 rings (SSSR count). The Balaban J connectivity index is 1.71. The second-order valence-electron chi connectivity index (χ2n) is 7.40. The maximum Gasteiger partial charge on any atom is 0.295 e. The molecule has 0 spiro atoms. The molecule has 2 fully saturated rings. The van der Waals surface area contributed by atoms with E-state index in [1.54, 1.807) is 47.6 Å². The zero-order valence-electron chi connectivity index (χ0n) is 16.4. The quantitative estimate of drug-likeness (QED) is 0.423. The molecule has 8 heteroatoms. The van der Waals surface area contributed by atoms with E-state index >= 15 is 0 Å². The summed E-state index contributed by atoms with van der Waals surface area (Å²) in [6.45, 7) is 4.22. The molecule has 0 bridgehead atoms. The first-order valence-electron chi connectivity index (χ1n) is 9.92. The number of quaternary nitrogens is 1. The third-order valence-electron chi connectivity index (χ3n) is 5.56. The predicted molar refractivity (Wildman–Crippen MR) is 111 cm³/mol. The van der Waals surface area contributed by atoms with E-state index in [0.717, 1.165) is 13.1 Å². The second kappa shape index (κ2) is 8.95. The van der Waals surface area contributed by atoms with E-state index in [1.165, 1.54) is 4.90 Å². The van der Waals surface area contributed by atoms with Crippen LogP contribution in [0.15, 0.2) is 54.4 Å². The Morgan fingerprint density at radius 1 is 1.20 bits per heavy atom. The molecule has 156 valence electrons. The molecule has 2 aliphatic rings. The van der Waals surface area contributed by atoms with Gasteiger partial charge in [-0.3, -0.25) is 14.6 Å². The van der Waals surface area contributed by atoms with Crippen LogP contribution in [0.2, 0.25) is 5.02 Å². The Hall–Kier alpha value is -2.74. The number of rotatable bonds is 5. The van der Waals surface area contributed by atoms with Gasteiger partial charge in [-0.15, -0.1) is 0 Å². The lowest BCUT2D eigenvalue weighted by Crippen LogP contribution is -3.14. The van der Waals surface area contributed by atoms with Crippen molar-refractivity contribution in [2.75, 3.05) is 39.4 Å². The third-order valence-corrected chi connectivity index (χ3v) is 5.82. The predicted octanol–water partition coefficient (Wildman–Crippen LogP) is 1.07. The van der Waals surface area contributed by atoms with Crippen LogP contribution in [0.1, 0.15) is 17.2 Å². The Kier molecular flexibility index (Phi) is 6.13. The zero-order chi connectivity index (χ0) is 21.1. The van der Waals surface area contributed by atoms with Gasteiger partial charge >= 0.3 is 0 Å². The number of amides is 1. The number of ketones is 1. The van der Waals surface area contributed by atoms with Gasteiger partial charge in [0.15, 0.2) is 0 Å². The standard InChI is InChI=1S/C22H22ClN3O4/c23-17-5-3-15(4-6-17)20(27)18-19(16-2-1-7-24-14-16)26(22(29)21(18)28)9-8-25-10-12-30-13-11-25/h1-7,14,19,27H,8-13H2/p+1/t19-/m1/s1. The summed E-state index contributed by atoms with van der Waals surface area (Å²) >= 11 is 5.94. The molecule has 1 aromatic carbocycles. The average molecular weight is 429 g/mol. The minimum Gasteiger partial charge on any atom is -0.507 e. The first-order valence-corrected chi connectivity index (χ1v) is 10.3. The van der Waals surface area contributed by atoms with Crippen molar-refractivity contribution in [1.29, 1.82) is 0 Å². The van der Waals surface area contributed by atoms with Crippen LogP contribution in [0.5, 0.6) is 0 Å². The number of aliphatic hydroxyl groups excluding tert-OH is 1. The van der Waals surface area contributed by atoms with Gasteiger partial charge in [0.1, 0.15) is 18.8 Å². The fraction of sp³-hybridized carbons (Fsp3) is 0.318. The third kappa shape index (κ3) is 4.09. The van der Waals surface area contributed by atoms with Gasteiger partial charge < -0.3 is 19.6 Å². The fourth-order valence-corrected chi connectivity index (χ4v) is 4.07. The second-order valence-corrected chi connectivity index (χ2v) is 7.83. The van der Waals surface area contributed by atoms with Gasteiger partial charge in [-0.05, 0) is 35.9 Å². The normalized spacial score (nSPS) is 21.9. The number of hydrogen-bond acceptors (Lipinski definition) is 5. The highest BCUT2D eigenvalue weighted by Gasteiger charge is 2.46. The van der Waals surface area contributed by atoms with Gasteiger partial charge in [-0.2, -0.15) is 0 Å². The Morgan fingerprint density at radius 2 is 1.93 bits per heavy atom. The number of hydrogen-bond donors (Lipinski definition) is 2. The number of ether oxygens (including phenoxy) is 1. The lowest BCUT2D eigenvalue weighted by molar-refractivity contribution is -0.907. The highest BCUT2D eigenvalue weighted by molar-refractivity contribution is 6.46. The number of nitrogens with zero attached hydrogens (tertiary/aromatic N) is 2. The number of carbonyl (C=O) groups is 2. The van der Waals surface area contributed by atoms with Gasteiger partial charge in [-0.25, -0.2) is 0 Å². The molecule has 0 saturated carbocycles. The number of carbonyl (C=O) groups excluding carboxylic acids is 2. The molecule has 0 radical (unpaired) electrons. The summed E-state index contributed by atoms with van der Waals surface area (Å²) in [6, 6.07) is 9.40. The van der Waals surface area contributed by atoms with E-state index in [1.807, 2.05) is 6.07 Å². The summed E-state index contributed by atoms with van der Waals surface area (Å²) in [5.74, 6) is -1.50. The lowest BCUT2D eigenvalue weighted by Gasteiger charge is -2.29. The molecule has 2 aromatic rings. The van der Waals surface area contributed by atoms with Crippen molar-refractivity contribution in [2.24, 2.45) is 0 Å². The summed E-state index contributed by atoms with van der Waals surface area (Å²) in [5.41, 5.74) is 1.20. The van der Waals surface area contributed by atoms with Crippen LogP contribution in [0.25, 0.3) is 5.76 Å². The molecule has 3 heterocycles. The van der Waals surface area contributed by atoms with Crippen molar-refractivity contribution in [2.45, 2.75) is 6.04 Å². The number of aromatic nitrogens is 1. The highest BCUT2D eigenvalue weighted by Crippen LogP contribution is 2.38. The minimum atomic E-state index is -0.687. The summed E-state index contributed by atoms with van der Waals surface area (Å²) in [5, 5.41) is 11.5. The van der Waals surface area contributed by atoms with E-state index < -0.39 is 17.7 Å². The van der Waals surface area contributed by atoms with Crippen LogP contribution in [-0.2, 0) is 14.3 Å². The van der Waals surface area contributed by atoms with E-state index in [9.17, 15) is 14.7 Å². The van der Waals surface area contributed by atoms with Gasteiger partial charge in [0, 0.05) is 23.0 Å². The van der Waals surface area contributed by atoms with Crippen LogP contribution in [0, 0.1) is 0 Å². The Morgan fingerprint density at radius 3 is 2.60 bits per heavy atom. The minimum absolute atomic E-state index is 0.0762. The number of likely N-dealkylation sites (tertiary alicyclic amines) is 1. The molecule has 0 aliphatic carbocycles. The van der Waals surface area contributed by atoms with Crippen molar-refractivity contribution in [3.05, 3.63) is 70.5 Å². The molecule has 1 atom stereocenters. The van der Waals surface area contributed by atoms with Crippen molar-refractivity contribution in [3.8, 4) is 0 Å². The van der Waals surface area contributed by atoms with Gasteiger partial charge in [0.25, 0.3) is 11.7 Å². The summed E-state index contributed by atoms with van der Waals surface area (Å²) < 4.78 is 5.39. The van der Waals surface area contributed by atoms with Crippen molar-refractivity contribution >= 4 is 29.1 Å². The van der Waals surface area contributed by atoms with E-state index in [0.29, 0.717) is 42.5 Å². The Bertz CT molecular complexity index is 956. The van der Waals surface area contributed by atoms with Crippen LogP contribution in [0.4, 0.5) is 0 Å². The molecule has 7 nitrogen and oxygen atoms in total. The molecule has 0 unspecified atom stereocenters. The van der Waals surface area contributed by atoms with Crippen LogP contribution < -0.4 is 4.90 Å². The number of halogens is 1. The van der Waals surface area contributed by atoms with Gasteiger partial charge in [0.05, 0.1) is 37.9 Å². The van der Waals surface area contributed by atoms with Crippen LogP contribution in [0.3, 0.4) is 0 Å². The number of morpholine rings is 1. The molecular formula is C22H23ClN3O4+. The fourth-order valence-electron chi connectivity index (χ4n) is 3.95. The monoisotopic (exact) mass is 428 g/mol. The molecule has 1 aromatic heterocycles. The smallest absolute Gasteiger partial charge is 0.295 e. The van der Waals surface area contributed by atoms with Crippen molar-refractivity contribution in [3.63, 3.8) is 0 Å². The molecule has 2 aliphatic heterocycles. The van der Waals surface area contributed by atoms with E-state index in [4.69, 9.17) is 16.3 Å². The highest BCUT2D eigenvalue weighted by atomic mass is 35.5. The summed E-state index contributed by atoms with van der Waals surface area (Å²) in [7, 11) is 0. The van der Waals surface area contributed by atoms with Crippen LogP contribution in [-0.4, -0.2) is 66.1 Å². The first kappa shape index (κ1) is 20.5. The molecule has 2 N–H and O–H groups in total. The maximum absolute atomic E-state index is 12.9. The number of nitrogens with one attached hydrogen (secondary N) is 1. The molecule has 2 saturated heterocycles. The van der Waals surface area contributed by atoms with E-state index in [-0.39, 0.29) is 11.3 Å². The van der Waals surface area contributed by atoms with E-state index in [2.05, 4.69) is 4.98 Å². The number of aliphatic hydroxyl groups is 1. The van der Waals surface area contributed by atoms with Gasteiger partial charge in [0.2, 0.25) is 0 Å². The lowest BCUT2D eigenvalue weighted by atomic mass is 9.96. The number of pyridine rings is 1.